The van der Waals surface area contributed by atoms with Crippen LogP contribution in [0.3, 0.4) is 0 Å². The van der Waals surface area contributed by atoms with Crippen LogP contribution in [0.5, 0.6) is 0 Å². The van der Waals surface area contributed by atoms with Gasteiger partial charge < -0.3 is 5.11 Å². The molecule has 0 atom stereocenters. The first-order chi connectivity index (χ1) is 9.02. The lowest BCUT2D eigenvalue weighted by molar-refractivity contribution is 0.0687. The van der Waals surface area contributed by atoms with Gasteiger partial charge in [0.25, 0.3) is 0 Å². The molecule has 19 heavy (non-hydrogen) atoms. The molecule has 1 heterocycles. The molecule has 0 saturated carbocycles. The number of hydrogen-bond acceptors (Lipinski definition) is 5. The van der Waals surface area contributed by atoms with Crippen molar-refractivity contribution < 1.29 is 14.7 Å². The number of carboxylic acids is 1. The summed E-state index contributed by atoms with van der Waals surface area (Å²) in [5, 5.41) is 9.60. The average Bonchev–Trinajstić information content (AvgIpc) is 2.84. The molecule has 0 aliphatic heterocycles. The van der Waals surface area contributed by atoms with Gasteiger partial charge in [0.15, 0.2) is 11.5 Å². The van der Waals surface area contributed by atoms with Gasteiger partial charge in [-0.25, -0.2) is 9.78 Å². The predicted molar refractivity (Wildman–Crippen MR) is 76.3 cm³/mol. The second kappa shape index (κ2) is 5.54. The molecule has 0 radical (unpaired) electrons. The molecule has 6 heteroatoms. The third-order valence-corrected chi connectivity index (χ3v) is 4.44. The molecular formula is C13H11NO3S2. The second-order valence-electron chi connectivity index (χ2n) is 3.79. The second-order valence-corrected chi connectivity index (χ2v) is 5.67. The number of rotatable bonds is 4. The number of aromatic nitrogens is 1. The number of thiazole rings is 1. The van der Waals surface area contributed by atoms with Crippen LogP contribution in [0.4, 0.5) is 0 Å². The summed E-state index contributed by atoms with van der Waals surface area (Å²) in [6.45, 7) is 1.35. The summed E-state index contributed by atoms with van der Waals surface area (Å²) in [6, 6.07) is 7.63. The van der Waals surface area contributed by atoms with Gasteiger partial charge in [0.2, 0.25) is 0 Å². The Morgan fingerprint density at radius 1 is 1.26 bits per heavy atom. The Labute approximate surface area is 118 Å². The van der Waals surface area contributed by atoms with Crippen LogP contribution in [0, 0.1) is 0 Å². The Morgan fingerprint density at radius 3 is 2.32 bits per heavy atom. The first-order valence-electron chi connectivity index (χ1n) is 5.42. The molecule has 0 amide bonds. The van der Waals surface area contributed by atoms with Crippen molar-refractivity contribution in [2.45, 2.75) is 11.8 Å². The molecule has 0 spiro atoms. The fraction of sp³-hybridized carbons (Fsp3) is 0.154. The largest absolute Gasteiger partial charge is 0.476 e. The standard InChI is InChI=1S/C13H11NO3S2/c1-7(15)11-10(13(16)17)14-12(19-11)8-3-5-9(18-2)6-4-8/h3-6H,1-2H3,(H,16,17). The van der Waals surface area contributed by atoms with Crippen molar-refractivity contribution in [1.29, 1.82) is 0 Å². The van der Waals surface area contributed by atoms with Crippen LogP contribution in [0.25, 0.3) is 10.6 Å². The predicted octanol–water partition coefficient (Wildman–Crippen LogP) is 3.43. The van der Waals surface area contributed by atoms with Crippen LogP contribution >= 0.6 is 23.1 Å². The number of carboxylic acid groups (broad SMARTS) is 1. The van der Waals surface area contributed by atoms with Crippen LogP contribution in [0.15, 0.2) is 29.2 Å². The zero-order chi connectivity index (χ0) is 14.0. The van der Waals surface area contributed by atoms with Crippen molar-refractivity contribution in [2.75, 3.05) is 6.26 Å². The zero-order valence-electron chi connectivity index (χ0n) is 10.3. The molecule has 2 aromatic rings. The van der Waals surface area contributed by atoms with Gasteiger partial charge in [0.05, 0.1) is 0 Å². The van der Waals surface area contributed by atoms with E-state index in [4.69, 9.17) is 5.11 Å². The highest BCUT2D eigenvalue weighted by molar-refractivity contribution is 7.98. The molecule has 98 valence electrons. The van der Waals surface area contributed by atoms with Gasteiger partial charge in [-0.3, -0.25) is 4.79 Å². The Balaban J connectivity index is 2.47. The number of carbonyl (C=O) groups excluding carboxylic acids is 1. The highest BCUT2D eigenvalue weighted by Crippen LogP contribution is 2.29. The molecule has 4 nitrogen and oxygen atoms in total. The molecule has 0 bridgehead atoms. The van der Waals surface area contributed by atoms with E-state index in [1.165, 1.54) is 6.92 Å². The number of benzene rings is 1. The lowest BCUT2D eigenvalue weighted by Gasteiger charge is -1.98. The summed E-state index contributed by atoms with van der Waals surface area (Å²) in [6.07, 6.45) is 1.98. The summed E-state index contributed by atoms with van der Waals surface area (Å²) >= 11 is 2.74. The number of ketones is 1. The number of nitrogens with zero attached hydrogens (tertiary/aromatic N) is 1. The van der Waals surface area contributed by atoms with Gasteiger partial charge in [0, 0.05) is 17.4 Å². The minimum atomic E-state index is -1.17. The van der Waals surface area contributed by atoms with Crippen molar-refractivity contribution in [3.63, 3.8) is 0 Å². The first-order valence-corrected chi connectivity index (χ1v) is 7.46. The van der Waals surface area contributed by atoms with E-state index in [0.29, 0.717) is 5.01 Å². The number of thioether (sulfide) groups is 1. The third kappa shape index (κ3) is 2.85. The van der Waals surface area contributed by atoms with Gasteiger partial charge in [-0.1, -0.05) is 12.1 Å². The first kappa shape index (κ1) is 13.8. The van der Waals surface area contributed by atoms with Crippen molar-refractivity contribution in [2.24, 2.45) is 0 Å². The van der Waals surface area contributed by atoms with E-state index in [2.05, 4.69) is 4.98 Å². The normalized spacial score (nSPS) is 10.4. The summed E-state index contributed by atoms with van der Waals surface area (Å²) in [4.78, 5) is 27.8. The van der Waals surface area contributed by atoms with E-state index in [1.807, 2.05) is 30.5 Å². The Morgan fingerprint density at radius 2 is 1.89 bits per heavy atom. The number of aromatic carboxylic acids is 1. The zero-order valence-corrected chi connectivity index (χ0v) is 12.0. The molecule has 0 aliphatic carbocycles. The molecule has 1 aromatic heterocycles. The van der Waals surface area contributed by atoms with Gasteiger partial charge in [-0.15, -0.1) is 23.1 Å². The SMILES string of the molecule is CSc1ccc(-c2nc(C(=O)O)c(C(C)=O)s2)cc1. The number of hydrogen-bond donors (Lipinski definition) is 1. The molecule has 1 aromatic carbocycles. The summed E-state index contributed by atoms with van der Waals surface area (Å²) in [5.74, 6) is -1.45. The maximum atomic E-state index is 11.4. The van der Waals surface area contributed by atoms with E-state index in [0.717, 1.165) is 21.8 Å². The highest BCUT2D eigenvalue weighted by Gasteiger charge is 2.20. The Kier molecular flexibility index (Phi) is 4.01. The summed E-state index contributed by atoms with van der Waals surface area (Å²) in [5.41, 5.74) is 0.652. The van der Waals surface area contributed by atoms with E-state index in [-0.39, 0.29) is 16.4 Å². The molecular weight excluding hydrogens is 282 g/mol. The lowest BCUT2D eigenvalue weighted by atomic mass is 10.2. The minimum Gasteiger partial charge on any atom is -0.476 e. The summed E-state index contributed by atoms with van der Waals surface area (Å²) < 4.78 is 0. The van der Waals surface area contributed by atoms with Crippen molar-refractivity contribution in [3.8, 4) is 10.6 Å². The van der Waals surface area contributed by atoms with E-state index < -0.39 is 5.97 Å². The smallest absolute Gasteiger partial charge is 0.356 e. The van der Waals surface area contributed by atoms with Crippen molar-refractivity contribution in [1.82, 2.24) is 4.98 Å². The highest BCUT2D eigenvalue weighted by atomic mass is 32.2. The van der Waals surface area contributed by atoms with Gasteiger partial charge in [-0.05, 0) is 18.4 Å². The number of carbonyl (C=O) groups is 2. The van der Waals surface area contributed by atoms with Crippen LogP contribution < -0.4 is 0 Å². The average molecular weight is 293 g/mol. The molecule has 0 aliphatic rings. The Hall–Kier alpha value is -1.66. The maximum Gasteiger partial charge on any atom is 0.356 e. The van der Waals surface area contributed by atoms with Crippen molar-refractivity contribution >= 4 is 34.9 Å². The van der Waals surface area contributed by atoms with Crippen LogP contribution in [0.2, 0.25) is 0 Å². The monoisotopic (exact) mass is 293 g/mol. The van der Waals surface area contributed by atoms with Crippen LogP contribution in [-0.2, 0) is 0 Å². The van der Waals surface area contributed by atoms with E-state index in [9.17, 15) is 9.59 Å². The lowest BCUT2D eigenvalue weighted by Crippen LogP contribution is -2.03. The van der Waals surface area contributed by atoms with Gasteiger partial charge in [-0.2, -0.15) is 0 Å². The minimum absolute atomic E-state index is 0.165. The van der Waals surface area contributed by atoms with Crippen LogP contribution in [-0.4, -0.2) is 28.1 Å². The molecule has 1 N–H and O–H groups in total. The fourth-order valence-corrected chi connectivity index (χ4v) is 2.93. The van der Waals surface area contributed by atoms with Crippen molar-refractivity contribution in [3.05, 3.63) is 34.8 Å². The molecule has 0 fully saturated rings. The van der Waals surface area contributed by atoms with Gasteiger partial charge in [0.1, 0.15) is 9.88 Å². The maximum absolute atomic E-state index is 11.4. The quantitative estimate of drug-likeness (QED) is 0.691. The van der Waals surface area contributed by atoms with Gasteiger partial charge >= 0.3 is 5.97 Å². The fourth-order valence-electron chi connectivity index (χ4n) is 1.56. The topological polar surface area (TPSA) is 67.3 Å². The van der Waals surface area contributed by atoms with Crippen LogP contribution in [0.1, 0.15) is 27.1 Å². The number of Topliss-reactive ketones (excluding diaryl/α,β-unsaturated/α-hetero) is 1. The van der Waals surface area contributed by atoms with E-state index in [1.54, 1.807) is 11.8 Å². The molecule has 0 unspecified atom stereocenters. The molecule has 2 rings (SSSR count). The Bertz CT molecular complexity index is 600. The van der Waals surface area contributed by atoms with E-state index >= 15 is 0 Å². The third-order valence-electron chi connectivity index (χ3n) is 2.49. The molecule has 0 saturated heterocycles. The summed E-state index contributed by atoms with van der Waals surface area (Å²) in [7, 11) is 0.